The molecule has 0 bridgehead atoms. The molecule has 2 nitrogen and oxygen atoms in total. The molecule has 0 amide bonds. The highest BCUT2D eigenvalue weighted by molar-refractivity contribution is 7.11. The molecule has 1 aliphatic carbocycles. The Morgan fingerprint density at radius 2 is 2.12 bits per heavy atom. The van der Waals surface area contributed by atoms with Gasteiger partial charge in [0.25, 0.3) is 0 Å². The first-order valence-electron chi connectivity index (χ1n) is 5.77. The number of thiazole rings is 1. The lowest BCUT2D eigenvalue weighted by Crippen LogP contribution is -2.15. The molecule has 1 aromatic heterocycles. The second kappa shape index (κ2) is 4.94. The molecule has 0 radical (unpaired) electrons. The summed E-state index contributed by atoms with van der Waals surface area (Å²) in [6, 6.07) is 0. The molecule has 1 saturated carbocycles. The van der Waals surface area contributed by atoms with E-state index in [4.69, 9.17) is 0 Å². The predicted molar refractivity (Wildman–Crippen MR) is 60.9 cm³/mol. The zero-order valence-electron chi connectivity index (χ0n) is 9.60. The van der Waals surface area contributed by atoms with Gasteiger partial charge in [-0.1, -0.05) is 6.92 Å². The number of alkyl halides is 3. The highest BCUT2D eigenvalue weighted by Gasteiger charge is 2.37. The molecule has 1 N–H and O–H groups in total. The fourth-order valence-electron chi connectivity index (χ4n) is 1.64. The van der Waals surface area contributed by atoms with Crippen LogP contribution in [0.1, 0.15) is 35.3 Å². The smallest absolute Gasteiger partial charge is 0.312 e. The first kappa shape index (κ1) is 12.8. The Morgan fingerprint density at radius 3 is 2.65 bits per heavy atom. The van der Waals surface area contributed by atoms with Gasteiger partial charge in [0.1, 0.15) is 0 Å². The van der Waals surface area contributed by atoms with Crippen molar-refractivity contribution in [2.75, 3.05) is 6.54 Å². The summed E-state index contributed by atoms with van der Waals surface area (Å²) in [4.78, 5) is 4.08. The molecule has 0 atom stereocenters. The molecule has 1 heterocycles. The van der Waals surface area contributed by atoms with E-state index in [1.165, 1.54) is 11.3 Å². The van der Waals surface area contributed by atoms with Crippen LogP contribution in [-0.2, 0) is 19.1 Å². The van der Waals surface area contributed by atoms with E-state index in [9.17, 15) is 13.2 Å². The van der Waals surface area contributed by atoms with Crippen LogP contribution in [0.4, 0.5) is 13.2 Å². The minimum absolute atomic E-state index is 0.258. The van der Waals surface area contributed by atoms with E-state index in [2.05, 4.69) is 10.3 Å². The van der Waals surface area contributed by atoms with Gasteiger partial charge in [-0.2, -0.15) is 13.2 Å². The summed E-state index contributed by atoms with van der Waals surface area (Å²) in [5, 5.41) is 3.56. The second-order valence-electron chi connectivity index (χ2n) is 4.30. The third kappa shape index (κ3) is 3.42. The molecule has 1 aromatic rings. The van der Waals surface area contributed by atoms with Crippen molar-refractivity contribution in [2.45, 2.75) is 38.9 Å². The number of nitrogens with zero attached hydrogens (tertiary/aromatic N) is 1. The number of aromatic nitrogens is 1. The number of halogens is 3. The standard InChI is InChI=1S/C11H15F3N2S/c1-2-15-6-8-10(11(12,13)14)16-9(17-8)5-7-3-4-7/h7,15H,2-6H2,1H3. The monoisotopic (exact) mass is 264 g/mol. The van der Waals surface area contributed by atoms with Crippen LogP contribution in [0, 0.1) is 5.92 Å². The maximum atomic E-state index is 12.8. The molecule has 0 saturated heterocycles. The quantitative estimate of drug-likeness (QED) is 0.883. The van der Waals surface area contributed by atoms with Gasteiger partial charge in [0.05, 0.1) is 9.88 Å². The van der Waals surface area contributed by atoms with Gasteiger partial charge in [-0.3, -0.25) is 0 Å². The summed E-state index contributed by atoms with van der Waals surface area (Å²) in [5.74, 6) is 0.564. The number of hydrogen-bond acceptors (Lipinski definition) is 3. The van der Waals surface area contributed by atoms with Gasteiger partial charge in [0, 0.05) is 13.0 Å². The van der Waals surface area contributed by atoms with Crippen molar-refractivity contribution < 1.29 is 13.2 Å². The molecular formula is C11H15F3N2S. The lowest BCUT2D eigenvalue weighted by Gasteiger charge is -2.05. The molecule has 1 fully saturated rings. The van der Waals surface area contributed by atoms with Crippen LogP contribution in [0.15, 0.2) is 0 Å². The summed E-state index contributed by atoms with van der Waals surface area (Å²) >= 11 is 1.20. The highest BCUT2D eigenvalue weighted by atomic mass is 32.1. The van der Waals surface area contributed by atoms with E-state index in [1.807, 2.05) is 6.92 Å². The van der Waals surface area contributed by atoms with Gasteiger partial charge in [0.15, 0.2) is 5.69 Å². The van der Waals surface area contributed by atoms with Crippen LogP contribution in [0.5, 0.6) is 0 Å². The van der Waals surface area contributed by atoms with Crippen molar-refractivity contribution in [1.82, 2.24) is 10.3 Å². The molecule has 6 heteroatoms. The van der Waals surface area contributed by atoms with Crippen LogP contribution < -0.4 is 5.32 Å². The Kier molecular flexibility index (Phi) is 3.73. The second-order valence-corrected chi connectivity index (χ2v) is 5.47. The minimum atomic E-state index is -4.33. The van der Waals surface area contributed by atoms with Gasteiger partial charge in [0.2, 0.25) is 0 Å². The molecule has 1 aliphatic rings. The van der Waals surface area contributed by atoms with Crippen molar-refractivity contribution in [3.63, 3.8) is 0 Å². The fraction of sp³-hybridized carbons (Fsp3) is 0.727. The van der Waals surface area contributed by atoms with E-state index in [0.29, 0.717) is 28.8 Å². The van der Waals surface area contributed by atoms with Crippen molar-refractivity contribution in [3.05, 3.63) is 15.6 Å². The van der Waals surface area contributed by atoms with Crippen LogP contribution in [0.2, 0.25) is 0 Å². The number of hydrogen-bond donors (Lipinski definition) is 1. The normalized spacial score (nSPS) is 16.5. The zero-order valence-corrected chi connectivity index (χ0v) is 10.4. The molecule has 0 unspecified atom stereocenters. The summed E-state index contributed by atoms with van der Waals surface area (Å²) in [7, 11) is 0. The summed E-state index contributed by atoms with van der Waals surface area (Å²) in [6.07, 6.45) is -1.37. The summed E-state index contributed by atoms with van der Waals surface area (Å²) in [6.45, 7) is 2.79. The maximum Gasteiger partial charge on any atom is 0.434 e. The Hall–Kier alpha value is -0.620. The lowest BCUT2D eigenvalue weighted by molar-refractivity contribution is -0.141. The molecule has 96 valence electrons. The average molecular weight is 264 g/mol. The Bertz CT molecular complexity index is 383. The van der Waals surface area contributed by atoms with Crippen LogP contribution in [-0.4, -0.2) is 11.5 Å². The van der Waals surface area contributed by atoms with Crippen molar-refractivity contribution in [3.8, 4) is 0 Å². The third-order valence-corrected chi connectivity index (χ3v) is 3.78. The number of rotatable bonds is 5. The Morgan fingerprint density at radius 1 is 1.41 bits per heavy atom. The minimum Gasteiger partial charge on any atom is -0.312 e. The largest absolute Gasteiger partial charge is 0.434 e. The first-order valence-corrected chi connectivity index (χ1v) is 6.58. The Balaban J connectivity index is 2.16. The molecule has 0 aliphatic heterocycles. The Labute approximate surface area is 102 Å². The maximum absolute atomic E-state index is 12.8. The molecule has 2 rings (SSSR count). The summed E-state index contributed by atoms with van der Waals surface area (Å²) in [5.41, 5.74) is -0.695. The third-order valence-electron chi connectivity index (χ3n) is 2.71. The van der Waals surface area contributed by atoms with E-state index >= 15 is 0 Å². The van der Waals surface area contributed by atoms with E-state index in [0.717, 1.165) is 12.8 Å². The average Bonchev–Trinajstić information content (AvgIpc) is 2.93. The SMILES string of the molecule is CCNCc1sc(CC2CC2)nc1C(F)(F)F. The van der Waals surface area contributed by atoms with Gasteiger partial charge >= 0.3 is 6.18 Å². The van der Waals surface area contributed by atoms with Crippen molar-refractivity contribution in [2.24, 2.45) is 5.92 Å². The molecule has 17 heavy (non-hydrogen) atoms. The van der Waals surface area contributed by atoms with Gasteiger partial charge in [-0.05, 0) is 25.3 Å². The van der Waals surface area contributed by atoms with Gasteiger partial charge in [-0.25, -0.2) is 4.98 Å². The summed E-state index contributed by atoms with van der Waals surface area (Å²) < 4.78 is 38.3. The highest BCUT2D eigenvalue weighted by Crippen LogP contribution is 2.38. The van der Waals surface area contributed by atoms with Crippen molar-refractivity contribution in [1.29, 1.82) is 0 Å². The van der Waals surface area contributed by atoms with Crippen LogP contribution in [0.25, 0.3) is 0 Å². The fourth-order valence-corrected chi connectivity index (χ4v) is 2.81. The van der Waals surface area contributed by atoms with Gasteiger partial charge in [-0.15, -0.1) is 11.3 Å². The van der Waals surface area contributed by atoms with E-state index in [1.54, 1.807) is 0 Å². The predicted octanol–water partition coefficient (Wildman–Crippen LogP) is 3.22. The van der Waals surface area contributed by atoms with E-state index in [-0.39, 0.29) is 6.54 Å². The molecule has 0 aromatic carbocycles. The van der Waals surface area contributed by atoms with Crippen LogP contribution >= 0.6 is 11.3 Å². The molecular weight excluding hydrogens is 249 g/mol. The molecule has 0 spiro atoms. The zero-order chi connectivity index (χ0) is 12.5. The van der Waals surface area contributed by atoms with E-state index < -0.39 is 11.9 Å². The van der Waals surface area contributed by atoms with Crippen LogP contribution in [0.3, 0.4) is 0 Å². The van der Waals surface area contributed by atoms with Gasteiger partial charge < -0.3 is 5.32 Å². The topological polar surface area (TPSA) is 24.9 Å². The first-order chi connectivity index (χ1) is 8.00. The van der Waals surface area contributed by atoms with Crippen molar-refractivity contribution >= 4 is 11.3 Å². The number of nitrogens with one attached hydrogen (secondary N) is 1. The lowest BCUT2D eigenvalue weighted by atomic mass is 10.3.